The van der Waals surface area contributed by atoms with Gasteiger partial charge in [-0.15, -0.1) is 0 Å². The summed E-state index contributed by atoms with van der Waals surface area (Å²) in [5, 5.41) is 9.38. The van der Waals surface area contributed by atoms with Crippen molar-refractivity contribution in [3.8, 4) is 0 Å². The summed E-state index contributed by atoms with van der Waals surface area (Å²) in [7, 11) is 0. The third kappa shape index (κ3) is 1.47. The van der Waals surface area contributed by atoms with Crippen LogP contribution in [0.4, 0.5) is 0 Å². The van der Waals surface area contributed by atoms with Crippen LogP contribution in [-0.2, 0) is 4.74 Å². The minimum atomic E-state index is 0.461. The molecule has 0 unspecified atom stereocenters. The maximum absolute atomic E-state index is 9.38. The molecule has 0 saturated heterocycles. The van der Waals surface area contributed by atoms with E-state index >= 15 is 0 Å². The van der Waals surface area contributed by atoms with Crippen LogP contribution in [0.1, 0.15) is 38.5 Å². The topological polar surface area (TPSA) is 29.5 Å². The molecule has 0 heterocycles. The highest BCUT2D eigenvalue weighted by Crippen LogP contribution is 2.29. The highest BCUT2D eigenvalue weighted by molar-refractivity contribution is 5.11. The lowest BCUT2D eigenvalue weighted by Gasteiger charge is -2.06. The van der Waals surface area contributed by atoms with Crippen LogP contribution in [0.2, 0.25) is 0 Å². The number of ether oxygens (including phenoxy) is 1. The first-order valence-electron chi connectivity index (χ1n) is 4.64. The van der Waals surface area contributed by atoms with Crippen LogP contribution in [0.15, 0.2) is 23.4 Å². The first kappa shape index (κ1) is 7.71. The normalized spacial score (nSPS) is 23.2. The fourth-order valence-electron chi connectivity index (χ4n) is 1.70. The van der Waals surface area contributed by atoms with E-state index in [1.54, 1.807) is 0 Å². The standard InChI is InChI=1S/C10H14O2/c11-9-6-3-7-10(9)12-8-4-1-2-5-8/h4,11H,1-3,5-7H2. The summed E-state index contributed by atoms with van der Waals surface area (Å²) in [6.45, 7) is 0. The van der Waals surface area contributed by atoms with Crippen molar-refractivity contribution in [2.45, 2.75) is 38.5 Å². The largest absolute Gasteiger partial charge is 0.509 e. The number of aliphatic hydroxyl groups is 1. The highest BCUT2D eigenvalue weighted by Gasteiger charge is 2.17. The molecule has 0 amide bonds. The Morgan fingerprint density at radius 1 is 1.17 bits per heavy atom. The molecule has 1 N–H and O–H groups in total. The smallest absolute Gasteiger partial charge is 0.141 e. The number of aliphatic hydroxyl groups excluding tert-OH is 1. The maximum Gasteiger partial charge on any atom is 0.141 e. The van der Waals surface area contributed by atoms with E-state index in [1.807, 2.05) is 0 Å². The van der Waals surface area contributed by atoms with Crippen molar-refractivity contribution in [2.24, 2.45) is 0 Å². The van der Waals surface area contributed by atoms with Gasteiger partial charge in [0.1, 0.15) is 11.5 Å². The van der Waals surface area contributed by atoms with Gasteiger partial charge in [-0.25, -0.2) is 0 Å². The summed E-state index contributed by atoms with van der Waals surface area (Å²) < 4.78 is 5.58. The molecule has 0 fully saturated rings. The van der Waals surface area contributed by atoms with Crippen LogP contribution in [-0.4, -0.2) is 5.11 Å². The molecule has 2 rings (SSSR count). The molecule has 2 aliphatic rings. The molecule has 0 bridgehead atoms. The van der Waals surface area contributed by atoms with Crippen molar-refractivity contribution in [1.82, 2.24) is 0 Å². The molecule has 0 aliphatic heterocycles. The molecule has 2 heteroatoms. The first-order chi connectivity index (χ1) is 5.86. The molecular weight excluding hydrogens is 152 g/mol. The summed E-state index contributed by atoms with van der Waals surface area (Å²) in [5.74, 6) is 2.32. The second-order valence-electron chi connectivity index (χ2n) is 3.39. The van der Waals surface area contributed by atoms with Crippen LogP contribution in [0.25, 0.3) is 0 Å². The summed E-state index contributed by atoms with van der Waals surface area (Å²) in [4.78, 5) is 0. The van der Waals surface area contributed by atoms with Gasteiger partial charge in [0, 0.05) is 19.3 Å². The van der Waals surface area contributed by atoms with E-state index in [0.29, 0.717) is 5.76 Å². The van der Waals surface area contributed by atoms with Crippen molar-refractivity contribution in [3.05, 3.63) is 23.4 Å². The Morgan fingerprint density at radius 2 is 2.08 bits per heavy atom. The van der Waals surface area contributed by atoms with Crippen molar-refractivity contribution in [3.63, 3.8) is 0 Å². The lowest BCUT2D eigenvalue weighted by atomic mass is 10.3. The van der Waals surface area contributed by atoms with Gasteiger partial charge < -0.3 is 9.84 Å². The quantitative estimate of drug-likeness (QED) is 0.683. The Morgan fingerprint density at radius 3 is 2.67 bits per heavy atom. The summed E-state index contributed by atoms with van der Waals surface area (Å²) in [5.41, 5.74) is 0. The summed E-state index contributed by atoms with van der Waals surface area (Å²) in [6, 6.07) is 0. The van der Waals surface area contributed by atoms with Gasteiger partial charge in [-0.1, -0.05) is 0 Å². The van der Waals surface area contributed by atoms with Crippen LogP contribution in [0.5, 0.6) is 0 Å². The highest BCUT2D eigenvalue weighted by atomic mass is 16.5. The second kappa shape index (κ2) is 3.21. The van der Waals surface area contributed by atoms with E-state index in [-0.39, 0.29) is 0 Å². The Kier molecular flexibility index (Phi) is 2.07. The predicted molar refractivity (Wildman–Crippen MR) is 46.5 cm³/mol. The average Bonchev–Trinajstić information content (AvgIpc) is 2.65. The molecule has 0 saturated carbocycles. The molecule has 0 spiro atoms. The minimum Gasteiger partial charge on any atom is -0.509 e. The summed E-state index contributed by atoms with van der Waals surface area (Å²) >= 11 is 0. The zero-order valence-corrected chi connectivity index (χ0v) is 7.18. The van der Waals surface area contributed by atoms with Crippen LogP contribution >= 0.6 is 0 Å². The van der Waals surface area contributed by atoms with Gasteiger partial charge in [0.05, 0.1) is 5.76 Å². The van der Waals surface area contributed by atoms with Gasteiger partial charge in [0.25, 0.3) is 0 Å². The third-order valence-corrected chi connectivity index (χ3v) is 2.39. The van der Waals surface area contributed by atoms with Gasteiger partial charge in [-0.2, -0.15) is 0 Å². The predicted octanol–water partition coefficient (Wildman–Crippen LogP) is 3.02. The van der Waals surface area contributed by atoms with E-state index < -0.39 is 0 Å². The SMILES string of the molecule is OC1=C(OC2=CCCC2)CCC1. The van der Waals surface area contributed by atoms with Crippen molar-refractivity contribution < 1.29 is 9.84 Å². The molecule has 0 aromatic heterocycles. The van der Waals surface area contributed by atoms with Gasteiger partial charge in [0.15, 0.2) is 0 Å². The van der Waals surface area contributed by atoms with Crippen LogP contribution in [0.3, 0.4) is 0 Å². The minimum absolute atomic E-state index is 0.461. The molecule has 2 aliphatic carbocycles. The lowest BCUT2D eigenvalue weighted by molar-refractivity contribution is 0.259. The molecule has 0 atom stereocenters. The Hall–Kier alpha value is -0.920. The monoisotopic (exact) mass is 166 g/mol. The Balaban J connectivity index is 1.98. The second-order valence-corrected chi connectivity index (χ2v) is 3.39. The molecule has 0 radical (unpaired) electrons. The molecule has 0 aromatic carbocycles. The van der Waals surface area contributed by atoms with Crippen molar-refractivity contribution in [2.75, 3.05) is 0 Å². The van der Waals surface area contributed by atoms with E-state index in [1.165, 1.54) is 6.42 Å². The van der Waals surface area contributed by atoms with Crippen LogP contribution < -0.4 is 0 Å². The number of rotatable bonds is 2. The zero-order chi connectivity index (χ0) is 8.39. The van der Waals surface area contributed by atoms with E-state index in [2.05, 4.69) is 6.08 Å². The summed E-state index contributed by atoms with van der Waals surface area (Å²) in [6.07, 6.45) is 8.22. The molecule has 66 valence electrons. The van der Waals surface area contributed by atoms with E-state index in [0.717, 1.165) is 43.6 Å². The number of allylic oxidation sites excluding steroid dienone is 4. The van der Waals surface area contributed by atoms with Gasteiger partial charge in [-0.3, -0.25) is 0 Å². The zero-order valence-electron chi connectivity index (χ0n) is 7.18. The average molecular weight is 166 g/mol. The molecular formula is C10H14O2. The van der Waals surface area contributed by atoms with Gasteiger partial charge in [0.2, 0.25) is 0 Å². The van der Waals surface area contributed by atoms with E-state index in [4.69, 9.17) is 4.74 Å². The maximum atomic E-state index is 9.38. The number of hydrogen-bond acceptors (Lipinski definition) is 2. The molecule has 12 heavy (non-hydrogen) atoms. The van der Waals surface area contributed by atoms with Crippen LogP contribution in [0, 0.1) is 0 Å². The molecule has 0 aromatic rings. The fraction of sp³-hybridized carbons (Fsp3) is 0.600. The van der Waals surface area contributed by atoms with Gasteiger partial charge in [-0.05, 0) is 25.3 Å². The fourth-order valence-corrected chi connectivity index (χ4v) is 1.70. The first-order valence-corrected chi connectivity index (χ1v) is 4.64. The third-order valence-electron chi connectivity index (χ3n) is 2.39. The number of hydrogen-bond donors (Lipinski definition) is 1. The van der Waals surface area contributed by atoms with Crippen molar-refractivity contribution in [1.29, 1.82) is 0 Å². The van der Waals surface area contributed by atoms with Gasteiger partial charge >= 0.3 is 0 Å². The van der Waals surface area contributed by atoms with Crippen molar-refractivity contribution >= 4 is 0 Å². The Labute approximate surface area is 72.5 Å². The lowest BCUT2D eigenvalue weighted by Crippen LogP contribution is -1.90. The molecule has 2 nitrogen and oxygen atoms in total. The Bertz CT molecular complexity index is 238. The van der Waals surface area contributed by atoms with E-state index in [9.17, 15) is 5.11 Å².